The normalized spacial score (nSPS) is 12.7. The number of aliphatic hydroxyl groups is 1. The van der Waals surface area contributed by atoms with Crippen molar-refractivity contribution in [2.45, 2.75) is 71.1 Å². The van der Waals surface area contributed by atoms with Gasteiger partial charge in [-0.2, -0.15) is 5.26 Å². The lowest BCUT2D eigenvalue weighted by Gasteiger charge is -2.15. The van der Waals surface area contributed by atoms with Crippen LogP contribution in [0.25, 0.3) is 10.9 Å². The van der Waals surface area contributed by atoms with Crippen molar-refractivity contribution >= 4 is 33.9 Å². The molecule has 8 heteroatoms. The van der Waals surface area contributed by atoms with Gasteiger partial charge in [-0.05, 0) is 56.6 Å². The Morgan fingerprint density at radius 3 is 2.52 bits per heavy atom. The summed E-state index contributed by atoms with van der Waals surface area (Å²) in [6, 6.07) is 13.2. The predicted molar refractivity (Wildman–Crippen MR) is 171 cm³/mol. The summed E-state index contributed by atoms with van der Waals surface area (Å²) >= 11 is 0. The average Bonchev–Trinajstić information content (AvgIpc) is 3.59. The molecule has 1 aliphatic rings. The largest absolute Gasteiger partial charge is 0.506 e. The summed E-state index contributed by atoms with van der Waals surface area (Å²) in [5.74, 6) is -0.467. The number of carbonyl (C=O) groups excluding carboxylic acids is 1. The first-order valence-electron chi connectivity index (χ1n) is 15.1. The number of aromatic nitrogens is 1. The van der Waals surface area contributed by atoms with Crippen molar-refractivity contribution < 1.29 is 15.0 Å². The number of fused-ring (bicyclic) bond motifs is 1. The number of hydrogen-bond donors (Lipinski definition) is 4. The number of benzene rings is 2. The van der Waals surface area contributed by atoms with E-state index in [0.29, 0.717) is 28.7 Å². The summed E-state index contributed by atoms with van der Waals surface area (Å²) in [7, 11) is 1.99. The minimum absolute atomic E-state index is 0.106. The summed E-state index contributed by atoms with van der Waals surface area (Å²) in [6.45, 7) is 3.85. The highest BCUT2D eigenvalue weighted by molar-refractivity contribution is 6.04. The number of aromatic hydroxyl groups is 1. The van der Waals surface area contributed by atoms with Crippen molar-refractivity contribution in [3.63, 3.8) is 0 Å². The second-order valence-electron chi connectivity index (χ2n) is 10.8. The summed E-state index contributed by atoms with van der Waals surface area (Å²) < 4.78 is 0. The quantitative estimate of drug-likeness (QED) is 0.0985. The maximum atomic E-state index is 12.5. The molecule has 224 valence electrons. The smallest absolute Gasteiger partial charge is 0.248 e. The first-order chi connectivity index (χ1) is 20.4. The molecular formula is C34H45N5O3. The zero-order chi connectivity index (χ0) is 30.2. The van der Waals surface area contributed by atoms with E-state index in [9.17, 15) is 15.2 Å². The van der Waals surface area contributed by atoms with Crippen LogP contribution in [-0.2, 0) is 11.2 Å². The molecule has 42 heavy (non-hydrogen) atoms. The van der Waals surface area contributed by atoms with Gasteiger partial charge in [0.25, 0.3) is 0 Å². The van der Waals surface area contributed by atoms with Gasteiger partial charge in [0, 0.05) is 42.6 Å². The van der Waals surface area contributed by atoms with Crippen LogP contribution >= 0.6 is 0 Å². The van der Waals surface area contributed by atoms with Gasteiger partial charge in [-0.3, -0.25) is 9.78 Å². The Bertz CT molecular complexity index is 1350. The molecule has 1 saturated carbocycles. The Balaban J connectivity index is 0.000000873. The van der Waals surface area contributed by atoms with E-state index in [4.69, 9.17) is 5.11 Å². The third kappa shape index (κ3) is 10.5. The van der Waals surface area contributed by atoms with Crippen molar-refractivity contribution in [3.8, 4) is 11.8 Å². The number of nitrogens with one attached hydrogen (secondary N) is 2. The molecule has 3 aromatic rings. The summed E-state index contributed by atoms with van der Waals surface area (Å²) in [4.78, 5) is 19.0. The van der Waals surface area contributed by atoms with Gasteiger partial charge in [0.1, 0.15) is 11.8 Å². The minimum Gasteiger partial charge on any atom is -0.506 e. The molecular weight excluding hydrogens is 526 g/mol. The van der Waals surface area contributed by atoms with Gasteiger partial charge in [0.2, 0.25) is 5.91 Å². The number of likely N-dealkylation sites (N-methyl/N-ethyl adjacent to an activating group) is 1. The first-order valence-corrected chi connectivity index (χ1v) is 15.1. The number of unbranched alkanes of at least 4 members (excludes halogenated alkanes) is 3. The van der Waals surface area contributed by atoms with Gasteiger partial charge in [-0.15, -0.1) is 0 Å². The zero-order valence-electron chi connectivity index (χ0n) is 25.0. The molecule has 0 aliphatic heterocycles. The van der Waals surface area contributed by atoms with Crippen LogP contribution in [0.2, 0.25) is 0 Å². The monoisotopic (exact) mass is 571 g/mol. The molecule has 1 heterocycles. The fraction of sp³-hybridized carbons (Fsp3) is 0.441. The van der Waals surface area contributed by atoms with Gasteiger partial charge < -0.3 is 25.7 Å². The molecule has 8 nitrogen and oxygen atoms in total. The average molecular weight is 572 g/mol. The van der Waals surface area contributed by atoms with E-state index in [1.165, 1.54) is 50.4 Å². The number of anilines is 3. The van der Waals surface area contributed by atoms with Gasteiger partial charge in [0.05, 0.1) is 22.5 Å². The molecule has 1 fully saturated rings. The fourth-order valence-corrected chi connectivity index (χ4v) is 4.90. The van der Waals surface area contributed by atoms with E-state index in [1.807, 2.05) is 31.3 Å². The standard InChI is InChI=1S/C29H35N5O3.C5H10/c1-3-21-10-8-11-23(16-21)32-29-22(19-30)20-31-25-18-27(36)26(17-24(25)29)33-28(37)12-9-14-34(2)13-6-4-5-7-15-35;1-2-4-5-3-1/h8-12,16-18,20,35-36H,3-7,13-15H2,1-2H3,(H,31,32)(H,33,37);1-5H2/b12-9+;. The van der Waals surface area contributed by atoms with Crippen LogP contribution in [0.15, 0.2) is 54.7 Å². The number of nitrogens with zero attached hydrogens (tertiary/aromatic N) is 3. The summed E-state index contributed by atoms with van der Waals surface area (Å²) in [5, 5.41) is 35.7. The van der Waals surface area contributed by atoms with Crippen molar-refractivity contribution in [1.82, 2.24) is 9.88 Å². The molecule has 4 N–H and O–H groups in total. The Labute approximate surface area is 250 Å². The minimum atomic E-state index is -0.361. The van der Waals surface area contributed by atoms with E-state index < -0.39 is 0 Å². The van der Waals surface area contributed by atoms with Crippen LogP contribution in [0.4, 0.5) is 17.1 Å². The summed E-state index contributed by atoms with van der Waals surface area (Å²) in [6.07, 6.45) is 17.1. The van der Waals surface area contributed by atoms with Crippen LogP contribution in [0.5, 0.6) is 5.75 Å². The van der Waals surface area contributed by atoms with Crippen LogP contribution in [0.3, 0.4) is 0 Å². The second-order valence-corrected chi connectivity index (χ2v) is 10.8. The number of aryl methyl sites for hydroxylation is 1. The lowest BCUT2D eigenvalue weighted by molar-refractivity contribution is -0.111. The molecule has 0 bridgehead atoms. The number of aliphatic hydroxyl groups excluding tert-OH is 1. The molecule has 1 aliphatic carbocycles. The van der Waals surface area contributed by atoms with Crippen LogP contribution < -0.4 is 10.6 Å². The van der Waals surface area contributed by atoms with Gasteiger partial charge >= 0.3 is 0 Å². The molecule has 4 rings (SSSR count). The van der Waals surface area contributed by atoms with E-state index in [-0.39, 0.29) is 24.0 Å². The number of phenolic OH excluding ortho intramolecular Hbond substituents is 1. The molecule has 0 saturated heterocycles. The van der Waals surface area contributed by atoms with Crippen LogP contribution in [0, 0.1) is 11.3 Å². The first kappa shape index (κ1) is 32.6. The number of pyridine rings is 1. The Morgan fingerprint density at radius 1 is 1.10 bits per heavy atom. The summed E-state index contributed by atoms with van der Waals surface area (Å²) in [5.41, 5.74) is 3.65. The molecule has 0 unspecified atom stereocenters. The highest BCUT2D eigenvalue weighted by Crippen LogP contribution is 2.35. The third-order valence-electron chi connectivity index (χ3n) is 7.35. The van der Waals surface area contributed by atoms with E-state index in [1.54, 1.807) is 12.1 Å². The van der Waals surface area contributed by atoms with Crippen molar-refractivity contribution in [1.29, 1.82) is 5.26 Å². The number of nitriles is 1. The number of hydrogen-bond acceptors (Lipinski definition) is 7. The molecule has 1 amide bonds. The van der Waals surface area contributed by atoms with E-state index in [0.717, 1.165) is 49.9 Å². The maximum Gasteiger partial charge on any atom is 0.248 e. The maximum absolute atomic E-state index is 12.5. The van der Waals surface area contributed by atoms with Gasteiger partial charge in [-0.1, -0.05) is 70.1 Å². The Kier molecular flexibility index (Phi) is 13.8. The topological polar surface area (TPSA) is 122 Å². The Morgan fingerprint density at radius 2 is 1.83 bits per heavy atom. The zero-order valence-corrected chi connectivity index (χ0v) is 25.0. The van der Waals surface area contributed by atoms with Crippen LogP contribution in [-0.4, -0.2) is 52.7 Å². The molecule has 0 spiro atoms. The van der Waals surface area contributed by atoms with Crippen molar-refractivity contribution in [3.05, 3.63) is 65.9 Å². The van der Waals surface area contributed by atoms with Crippen LogP contribution in [0.1, 0.15) is 75.8 Å². The number of amides is 1. The lowest BCUT2D eigenvalue weighted by atomic mass is 10.1. The molecule has 2 aromatic carbocycles. The number of phenols is 1. The van der Waals surface area contributed by atoms with Gasteiger partial charge in [-0.25, -0.2) is 0 Å². The third-order valence-corrected chi connectivity index (χ3v) is 7.35. The molecule has 0 atom stereocenters. The highest BCUT2D eigenvalue weighted by Gasteiger charge is 2.14. The number of carbonyl (C=O) groups is 1. The fourth-order valence-electron chi connectivity index (χ4n) is 4.90. The van der Waals surface area contributed by atoms with Crippen molar-refractivity contribution in [2.24, 2.45) is 0 Å². The van der Waals surface area contributed by atoms with E-state index in [2.05, 4.69) is 33.5 Å². The van der Waals surface area contributed by atoms with Crippen molar-refractivity contribution in [2.75, 3.05) is 37.4 Å². The Hall–Kier alpha value is -3.93. The molecule has 0 radical (unpaired) electrons. The SMILES string of the molecule is C1CCCC1.CCc1cccc(Nc2c(C#N)cnc3cc(O)c(NC(=O)/C=C/CN(C)CCCCCCO)cc23)c1. The van der Waals surface area contributed by atoms with Gasteiger partial charge in [0.15, 0.2) is 0 Å². The van der Waals surface area contributed by atoms with E-state index >= 15 is 0 Å². The highest BCUT2D eigenvalue weighted by atomic mass is 16.3. The number of rotatable bonds is 13. The molecule has 1 aromatic heterocycles. The lowest BCUT2D eigenvalue weighted by Crippen LogP contribution is -2.20. The predicted octanol–water partition coefficient (Wildman–Crippen LogP) is 7.05. The second kappa shape index (κ2) is 17.8.